The van der Waals surface area contributed by atoms with Crippen molar-refractivity contribution < 1.29 is 32.6 Å². The number of carbonyl (C=O) groups excluding carboxylic acids is 1. The van der Waals surface area contributed by atoms with Crippen molar-refractivity contribution in [2.24, 2.45) is 0 Å². The molecule has 1 unspecified atom stereocenters. The van der Waals surface area contributed by atoms with Crippen LogP contribution in [0.5, 0.6) is 5.75 Å². The summed E-state index contributed by atoms with van der Waals surface area (Å²) in [6, 6.07) is 5.17. The van der Waals surface area contributed by atoms with Crippen LogP contribution in [-0.2, 0) is 9.59 Å². The summed E-state index contributed by atoms with van der Waals surface area (Å²) in [6.45, 7) is -0.499. The number of carboxylic acids is 1. The second kappa shape index (κ2) is 5.84. The molecule has 9 heteroatoms. The molecule has 0 aromatic heterocycles. The molecule has 1 aromatic rings. The highest BCUT2D eigenvalue weighted by Crippen LogP contribution is 2.39. The van der Waals surface area contributed by atoms with Gasteiger partial charge in [0.2, 0.25) is 5.91 Å². The van der Waals surface area contributed by atoms with Crippen LogP contribution in [0.3, 0.4) is 0 Å². The Morgan fingerprint density at radius 2 is 2.19 bits per heavy atom. The fraction of sp³-hybridized carbons (Fsp3) is 0.333. The third-order valence-corrected chi connectivity index (χ3v) is 3.91. The van der Waals surface area contributed by atoms with Crippen molar-refractivity contribution in [1.82, 2.24) is 4.90 Å². The molecule has 1 aliphatic heterocycles. The molecular formula is C12H10F3NO4S. The van der Waals surface area contributed by atoms with E-state index in [-0.39, 0.29) is 11.7 Å². The molecule has 1 aromatic carbocycles. The van der Waals surface area contributed by atoms with Crippen molar-refractivity contribution >= 4 is 23.6 Å². The lowest BCUT2D eigenvalue weighted by atomic mass is 10.2. The van der Waals surface area contributed by atoms with Crippen molar-refractivity contribution in [2.75, 3.05) is 12.3 Å². The largest absolute Gasteiger partial charge is 0.573 e. The van der Waals surface area contributed by atoms with E-state index in [4.69, 9.17) is 5.11 Å². The van der Waals surface area contributed by atoms with Gasteiger partial charge in [-0.05, 0) is 17.7 Å². The highest BCUT2D eigenvalue weighted by atomic mass is 32.2. The van der Waals surface area contributed by atoms with Gasteiger partial charge in [-0.2, -0.15) is 0 Å². The molecule has 1 fully saturated rings. The molecule has 2 rings (SSSR count). The van der Waals surface area contributed by atoms with Crippen LogP contribution in [0.2, 0.25) is 0 Å². The number of hydrogen-bond acceptors (Lipinski definition) is 4. The number of carbonyl (C=O) groups is 2. The Hall–Kier alpha value is -1.90. The van der Waals surface area contributed by atoms with Crippen LogP contribution in [0.4, 0.5) is 13.2 Å². The smallest absolute Gasteiger partial charge is 0.480 e. The summed E-state index contributed by atoms with van der Waals surface area (Å²) in [5, 5.41) is 8.15. The van der Waals surface area contributed by atoms with Gasteiger partial charge in [0, 0.05) is 0 Å². The fourth-order valence-corrected chi connectivity index (χ4v) is 3.09. The molecule has 0 saturated carbocycles. The zero-order chi connectivity index (χ0) is 15.6. The van der Waals surface area contributed by atoms with Gasteiger partial charge in [-0.25, -0.2) is 0 Å². The number of carboxylic acid groups (broad SMARTS) is 1. The predicted molar refractivity (Wildman–Crippen MR) is 67.7 cm³/mol. The predicted octanol–water partition coefficient (Wildman–Crippen LogP) is 2.24. The summed E-state index contributed by atoms with van der Waals surface area (Å²) >= 11 is 1.16. The quantitative estimate of drug-likeness (QED) is 0.921. The van der Waals surface area contributed by atoms with E-state index < -0.39 is 30.0 Å². The zero-order valence-electron chi connectivity index (χ0n) is 10.5. The van der Waals surface area contributed by atoms with E-state index in [2.05, 4.69) is 4.74 Å². The number of aliphatic carboxylic acids is 1. The van der Waals surface area contributed by atoms with Crippen LogP contribution in [0.25, 0.3) is 0 Å². The average Bonchev–Trinajstić information content (AvgIpc) is 2.68. The summed E-state index contributed by atoms with van der Waals surface area (Å²) in [4.78, 5) is 23.5. The summed E-state index contributed by atoms with van der Waals surface area (Å²) in [6.07, 6.45) is -4.81. The number of ether oxygens (including phenoxy) is 1. The van der Waals surface area contributed by atoms with Crippen LogP contribution in [0.15, 0.2) is 24.3 Å². The lowest BCUT2D eigenvalue weighted by molar-refractivity contribution is -0.274. The fourth-order valence-electron chi connectivity index (χ4n) is 1.91. The van der Waals surface area contributed by atoms with E-state index in [1.165, 1.54) is 12.1 Å². The normalized spacial score (nSPS) is 18.9. The van der Waals surface area contributed by atoms with Crippen LogP contribution >= 0.6 is 11.8 Å². The highest BCUT2D eigenvalue weighted by Gasteiger charge is 2.35. The summed E-state index contributed by atoms with van der Waals surface area (Å²) in [7, 11) is 0. The molecule has 1 aliphatic rings. The summed E-state index contributed by atoms with van der Waals surface area (Å²) in [5.41, 5.74) is 0.383. The molecule has 0 bridgehead atoms. The number of nitrogens with zero attached hydrogens (tertiary/aromatic N) is 1. The number of benzene rings is 1. The zero-order valence-corrected chi connectivity index (χ0v) is 11.3. The first-order valence-corrected chi connectivity index (χ1v) is 6.80. The molecular weight excluding hydrogens is 311 g/mol. The van der Waals surface area contributed by atoms with Crippen LogP contribution < -0.4 is 4.74 Å². The van der Waals surface area contributed by atoms with Gasteiger partial charge in [0.25, 0.3) is 0 Å². The molecule has 5 nitrogen and oxygen atoms in total. The number of amides is 1. The maximum atomic E-state index is 12.2. The van der Waals surface area contributed by atoms with Crippen molar-refractivity contribution in [1.29, 1.82) is 0 Å². The first kappa shape index (κ1) is 15.5. The van der Waals surface area contributed by atoms with Crippen LogP contribution in [-0.4, -0.2) is 40.5 Å². The molecule has 1 atom stereocenters. The van der Waals surface area contributed by atoms with Crippen molar-refractivity contribution in [2.45, 2.75) is 11.7 Å². The number of hydrogen-bond donors (Lipinski definition) is 1. The van der Waals surface area contributed by atoms with E-state index in [9.17, 15) is 22.8 Å². The van der Waals surface area contributed by atoms with E-state index in [0.29, 0.717) is 5.56 Å². The number of halogens is 3. The molecule has 0 aliphatic carbocycles. The topological polar surface area (TPSA) is 66.8 Å². The van der Waals surface area contributed by atoms with Gasteiger partial charge in [0.15, 0.2) is 0 Å². The standard InChI is InChI=1S/C12H10F3NO4S/c13-12(14,15)20-8-3-1-2-7(4-8)11-16(5-10(18)19)9(17)6-21-11/h1-4,11H,5-6H2,(H,18,19). The first-order chi connectivity index (χ1) is 9.76. The first-order valence-electron chi connectivity index (χ1n) is 5.75. The minimum atomic E-state index is -4.81. The van der Waals surface area contributed by atoms with Gasteiger partial charge < -0.3 is 14.7 Å². The SMILES string of the molecule is O=C(O)CN1C(=O)CSC1c1cccc(OC(F)(F)F)c1. The Morgan fingerprint density at radius 3 is 2.81 bits per heavy atom. The maximum absolute atomic E-state index is 12.2. The minimum absolute atomic E-state index is 0.0856. The van der Waals surface area contributed by atoms with Crippen LogP contribution in [0, 0.1) is 0 Å². The lowest BCUT2D eigenvalue weighted by Crippen LogP contribution is -2.33. The maximum Gasteiger partial charge on any atom is 0.573 e. The van der Waals surface area contributed by atoms with Gasteiger partial charge in [0.05, 0.1) is 5.75 Å². The Balaban J connectivity index is 2.22. The molecule has 21 heavy (non-hydrogen) atoms. The van der Waals surface area contributed by atoms with Crippen molar-refractivity contribution in [3.8, 4) is 5.75 Å². The monoisotopic (exact) mass is 321 g/mol. The van der Waals surface area contributed by atoms with Gasteiger partial charge in [-0.3, -0.25) is 9.59 Å². The summed E-state index contributed by atoms with van der Waals surface area (Å²) in [5.74, 6) is -1.87. The Labute approximate surface area is 121 Å². The van der Waals surface area contributed by atoms with E-state index in [1.807, 2.05) is 0 Å². The third kappa shape index (κ3) is 4.03. The Bertz CT molecular complexity index is 564. The molecule has 1 saturated heterocycles. The average molecular weight is 321 g/mol. The molecule has 0 radical (unpaired) electrons. The van der Waals surface area contributed by atoms with E-state index >= 15 is 0 Å². The van der Waals surface area contributed by atoms with Crippen molar-refractivity contribution in [3.63, 3.8) is 0 Å². The Kier molecular flexibility index (Phi) is 4.31. The molecule has 0 spiro atoms. The van der Waals surface area contributed by atoms with Gasteiger partial charge in [0.1, 0.15) is 17.7 Å². The van der Waals surface area contributed by atoms with Gasteiger partial charge in [-0.1, -0.05) is 12.1 Å². The highest BCUT2D eigenvalue weighted by molar-refractivity contribution is 8.00. The molecule has 1 heterocycles. The van der Waals surface area contributed by atoms with Gasteiger partial charge in [-0.15, -0.1) is 24.9 Å². The molecule has 1 amide bonds. The number of rotatable bonds is 4. The Morgan fingerprint density at radius 1 is 1.48 bits per heavy atom. The second-order valence-corrected chi connectivity index (χ2v) is 5.27. The molecule has 1 N–H and O–H groups in total. The van der Waals surface area contributed by atoms with Crippen molar-refractivity contribution in [3.05, 3.63) is 29.8 Å². The number of thioether (sulfide) groups is 1. The second-order valence-electron chi connectivity index (χ2n) is 4.20. The van der Waals surface area contributed by atoms with E-state index in [1.54, 1.807) is 0 Å². The number of alkyl halides is 3. The molecule has 114 valence electrons. The van der Waals surface area contributed by atoms with Gasteiger partial charge >= 0.3 is 12.3 Å². The summed E-state index contributed by atoms with van der Waals surface area (Å²) < 4.78 is 40.4. The van der Waals surface area contributed by atoms with Crippen LogP contribution in [0.1, 0.15) is 10.9 Å². The minimum Gasteiger partial charge on any atom is -0.480 e. The third-order valence-electron chi connectivity index (χ3n) is 2.65. The lowest BCUT2D eigenvalue weighted by Gasteiger charge is -2.22. The van der Waals surface area contributed by atoms with E-state index in [0.717, 1.165) is 28.8 Å².